The van der Waals surface area contributed by atoms with Crippen molar-refractivity contribution < 1.29 is 4.79 Å². The van der Waals surface area contributed by atoms with Gasteiger partial charge in [0.2, 0.25) is 0 Å². The minimum atomic E-state index is -0.246. The van der Waals surface area contributed by atoms with Gasteiger partial charge in [-0.3, -0.25) is 4.79 Å². The van der Waals surface area contributed by atoms with Crippen LogP contribution in [0.4, 0.5) is 0 Å². The molecule has 1 aromatic carbocycles. The summed E-state index contributed by atoms with van der Waals surface area (Å²) in [5, 5.41) is 16.8. The van der Waals surface area contributed by atoms with Gasteiger partial charge >= 0.3 is 0 Å². The van der Waals surface area contributed by atoms with Crippen molar-refractivity contribution in [3.63, 3.8) is 0 Å². The molecule has 1 rings (SSSR count). The summed E-state index contributed by atoms with van der Waals surface area (Å²) in [6.07, 6.45) is -0.0300. The highest BCUT2D eigenvalue weighted by atomic mass is 16.1. The maximum absolute atomic E-state index is 11.5. The first-order chi connectivity index (χ1) is 7.79. The lowest BCUT2D eigenvalue weighted by molar-refractivity contribution is 0.0997. The fraction of sp³-hybridized carbons (Fsp3) is 0.154. The summed E-state index contributed by atoms with van der Waals surface area (Å²) < 4.78 is 0. The molecule has 0 saturated carbocycles. The van der Waals surface area contributed by atoms with Gasteiger partial charge in [-0.05, 0) is 6.07 Å². The van der Waals surface area contributed by atoms with E-state index >= 15 is 0 Å². The summed E-state index contributed by atoms with van der Waals surface area (Å²) in [6, 6.07) is 10.5. The van der Waals surface area contributed by atoms with E-state index in [-0.39, 0.29) is 18.6 Å². The van der Waals surface area contributed by atoms with Gasteiger partial charge in [-0.2, -0.15) is 10.5 Å². The van der Waals surface area contributed by atoms with Crippen LogP contribution in [0.2, 0.25) is 0 Å². The highest BCUT2D eigenvalue weighted by Gasteiger charge is 2.08. The Morgan fingerprint density at radius 3 is 2.62 bits per heavy atom. The standard InChI is InChI=1S/C13H8N2O/c14-9-4-3-6-11-5-1-2-7-12(11)13(16)8-10-15/h1-2,5,7H,4,8H2. The zero-order valence-electron chi connectivity index (χ0n) is 8.53. The number of nitrogens with zero attached hydrogens (tertiary/aromatic N) is 2. The Bertz CT molecular complexity index is 536. The Morgan fingerprint density at radius 1 is 1.19 bits per heavy atom. The van der Waals surface area contributed by atoms with Gasteiger partial charge in [-0.25, -0.2) is 0 Å². The fourth-order valence-corrected chi connectivity index (χ4v) is 1.18. The number of hydrogen-bond donors (Lipinski definition) is 0. The zero-order chi connectivity index (χ0) is 11.8. The van der Waals surface area contributed by atoms with Gasteiger partial charge in [-0.1, -0.05) is 30.0 Å². The molecule has 0 saturated heterocycles. The van der Waals surface area contributed by atoms with Crippen LogP contribution in [0.25, 0.3) is 0 Å². The second-order valence-corrected chi connectivity index (χ2v) is 2.94. The third-order valence-corrected chi connectivity index (χ3v) is 1.86. The smallest absolute Gasteiger partial charge is 0.178 e. The molecule has 0 atom stereocenters. The summed E-state index contributed by atoms with van der Waals surface area (Å²) in [5.41, 5.74) is 1.01. The van der Waals surface area contributed by atoms with Crippen LogP contribution in [0.3, 0.4) is 0 Å². The Morgan fingerprint density at radius 2 is 1.94 bits per heavy atom. The van der Waals surface area contributed by atoms with Crippen LogP contribution >= 0.6 is 0 Å². The number of rotatable bonds is 2. The quantitative estimate of drug-likeness (QED) is 0.551. The van der Waals surface area contributed by atoms with E-state index in [0.29, 0.717) is 11.1 Å². The molecule has 0 aliphatic rings. The normalized spacial score (nSPS) is 8.12. The first-order valence-electron chi connectivity index (χ1n) is 4.64. The largest absolute Gasteiger partial charge is 0.293 e. The Hall–Kier alpha value is -2.57. The molecule has 0 fully saturated rings. The summed E-state index contributed by atoms with van der Waals surface area (Å²) in [4.78, 5) is 11.5. The summed E-state index contributed by atoms with van der Waals surface area (Å²) >= 11 is 0. The molecule has 3 nitrogen and oxygen atoms in total. The van der Waals surface area contributed by atoms with E-state index in [2.05, 4.69) is 11.8 Å². The van der Waals surface area contributed by atoms with Crippen molar-refractivity contribution in [3.05, 3.63) is 35.4 Å². The van der Waals surface area contributed by atoms with Gasteiger partial charge in [0.1, 0.15) is 0 Å². The molecule has 0 unspecified atom stereocenters. The van der Waals surface area contributed by atoms with E-state index in [1.54, 1.807) is 24.3 Å². The van der Waals surface area contributed by atoms with Crippen molar-refractivity contribution in [1.29, 1.82) is 10.5 Å². The monoisotopic (exact) mass is 208 g/mol. The number of carbonyl (C=O) groups is 1. The predicted octanol–water partition coefficient (Wildman–Crippen LogP) is 2.05. The zero-order valence-corrected chi connectivity index (χ0v) is 8.53. The first kappa shape index (κ1) is 11.5. The second kappa shape index (κ2) is 6.02. The fourth-order valence-electron chi connectivity index (χ4n) is 1.18. The predicted molar refractivity (Wildman–Crippen MR) is 58.1 cm³/mol. The molecule has 0 heterocycles. The molecular weight excluding hydrogens is 200 g/mol. The third kappa shape index (κ3) is 2.98. The molecule has 0 bridgehead atoms. The number of benzene rings is 1. The molecule has 0 aromatic heterocycles. The SMILES string of the molecule is N#CCC#Cc1ccccc1C(=O)CC#N. The lowest BCUT2D eigenvalue weighted by atomic mass is 10.0. The molecule has 16 heavy (non-hydrogen) atoms. The van der Waals surface area contributed by atoms with Crippen LogP contribution < -0.4 is 0 Å². The molecule has 0 N–H and O–H groups in total. The van der Waals surface area contributed by atoms with Gasteiger partial charge in [0.05, 0.1) is 25.0 Å². The molecule has 0 amide bonds. The lowest BCUT2D eigenvalue weighted by Crippen LogP contribution is -2.00. The van der Waals surface area contributed by atoms with E-state index in [4.69, 9.17) is 10.5 Å². The number of nitriles is 2. The van der Waals surface area contributed by atoms with Crippen LogP contribution in [0.1, 0.15) is 28.8 Å². The number of carbonyl (C=O) groups excluding carboxylic acids is 1. The van der Waals surface area contributed by atoms with Crippen molar-refractivity contribution in [3.8, 4) is 24.0 Å². The number of Topliss-reactive ketones (excluding diaryl/α,β-unsaturated/α-hetero) is 1. The topological polar surface area (TPSA) is 64.7 Å². The summed E-state index contributed by atoms with van der Waals surface area (Å²) in [5.74, 6) is 5.15. The van der Waals surface area contributed by atoms with E-state index in [0.717, 1.165) is 0 Å². The van der Waals surface area contributed by atoms with E-state index in [1.165, 1.54) is 0 Å². The highest BCUT2D eigenvalue weighted by Crippen LogP contribution is 2.09. The molecule has 0 aliphatic heterocycles. The second-order valence-electron chi connectivity index (χ2n) is 2.94. The maximum Gasteiger partial charge on any atom is 0.178 e. The summed E-state index contributed by atoms with van der Waals surface area (Å²) in [7, 11) is 0. The van der Waals surface area contributed by atoms with Crippen molar-refractivity contribution in [2.24, 2.45) is 0 Å². The average Bonchev–Trinajstić information content (AvgIpc) is 2.30. The van der Waals surface area contributed by atoms with Gasteiger partial charge in [-0.15, -0.1) is 0 Å². The first-order valence-corrected chi connectivity index (χ1v) is 4.64. The minimum absolute atomic E-state index is 0.126. The lowest BCUT2D eigenvalue weighted by Gasteiger charge is -1.99. The minimum Gasteiger partial charge on any atom is -0.293 e. The highest BCUT2D eigenvalue weighted by molar-refractivity contribution is 5.99. The Balaban J connectivity index is 3.04. The van der Waals surface area contributed by atoms with E-state index in [1.807, 2.05) is 12.1 Å². The van der Waals surface area contributed by atoms with Gasteiger partial charge < -0.3 is 0 Å². The Labute approximate surface area is 93.9 Å². The van der Waals surface area contributed by atoms with Crippen molar-refractivity contribution in [2.75, 3.05) is 0 Å². The van der Waals surface area contributed by atoms with E-state index in [9.17, 15) is 4.79 Å². The molecule has 3 heteroatoms. The van der Waals surface area contributed by atoms with Gasteiger partial charge in [0.15, 0.2) is 5.78 Å². The third-order valence-electron chi connectivity index (χ3n) is 1.86. The van der Waals surface area contributed by atoms with E-state index < -0.39 is 0 Å². The van der Waals surface area contributed by atoms with Crippen molar-refractivity contribution >= 4 is 5.78 Å². The summed E-state index contributed by atoms with van der Waals surface area (Å²) in [6.45, 7) is 0. The maximum atomic E-state index is 11.5. The number of hydrogen-bond acceptors (Lipinski definition) is 3. The van der Waals surface area contributed by atoms with Crippen molar-refractivity contribution in [1.82, 2.24) is 0 Å². The van der Waals surface area contributed by atoms with Gasteiger partial charge in [0, 0.05) is 11.1 Å². The molecule has 1 aromatic rings. The molecular formula is C13H8N2O. The number of ketones is 1. The van der Waals surface area contributed by atoms with Crippen LogP contribution in [-0.4, -0.2) is 5.78 Å². The van der Waals surface area contributed by atoms with Crippen LogP contribution in [0.15, 0.2) is 24.3 Å². The Kier molecular flexibility index (Phi) is 4.33. The van der Waals surface area contributed by atoms with Crippen LogP contribution in [-0.2, 0) is 0 Å². The van der Waals surface area contributed by atoms with Gasteiger partial charge in [0.25, 0.3) is 0 Å². The van der Waals surface area contributed by atoms with Crippen molar-refractivity contribution in [2.45, 2.75) is 12.8 Å². The molecule has 0 spiro atoms. The van der Waals surface area contributed by atoms with Crippen LogP contribution in [0, 0.1) is 34.5 Å². The average molecular weight is 208 g/mol. The molecule has 76 valence electrons. The molecule has 0 aliphatic carbocycles. The van der Waals surface area contributed by atoms with Crippen LogP contribution in [0.5, 0.6) is 0 Å². The molecule has 0 radical (unpaired) electrons.